The van der Waals surface area contributed by atoms with Gasteiger partial charge in [-0.2, -0.15) is 0 Å². The summed E-state index contributed by atoms with van der Waals surface area (Å²) >= 11 is 0. The molecule has 0 aromatic heterocycles. The fourth-order valence-electron chi connectivity index (χ4n) is 3.27. The minimum atomic E-state index is -0.180. The number of rotatable bonds is 8. The van der Waals surface area contributed by atoms with Crippen LogP contribution in [0.5, 0.6) is 0 Å². The van der Waals surface area contributed by atoms with Crippen molar-refractivity contribution in [2.24, 2.45) is 4.99 Å². The topological polar surface area (TPSA) is 65.5 Å². The standard InChI is InChI=1S/C22H27FN4O.HI/c1-24-21(26-15-20(28)25-14-11-17-7-3-2-4-8-17)27-16-22(12-13-22)18-9-5-6-10-19(18)23;/h2-10H,11-16H2,1H3,(H,25,28)(H2,24,26,27);1H. The third kappa shape index (κ3) is 6.69. The summed E-state index contributed by atoms with van der Waals surface area (Å²) in [5, 5.41) is 9.14. The number of hydrogen-bond acceptors (Lipinski definition) is 2. The number of carbonyl (C=O) groups is 1. The molecule has 1 aliphatic rings. The van der Waals surface area contributed by atoms with E-state index in [0.29, 0.717) is 19.0 Å². The second kappa shape index (κ2) is 11.1. The maximum absolute atomic E-state index is 14.1. The lowest BCUT2D eigenvalue weighted by molar-refractivity contribution is -0.119. The first-order valence-corrected chi connectivity index (χ1v) is 9.63. The van der Waals surface area contributed by atoms with Gasteiger partial charge in [0.1, 0.15) is 5.82 Å². The number of amides is 1. The summed E-state index contributed by atoms with van der Waals surface area (Å²) in [5.74, 6) is 0.289. The summed E-state index contributed by atoms with van der Waals surface area (Å²) in [6, 6.07) is 17.0. The third-order valence-electron chi connectivity index (χ3n) is 5.11. The summed E-state index contributed by atoms with van der Waals surface area (Å²) in [6.45, 7) is 1.32. The van der Waals surface area contributed by atoms with Crippen LogP contribution in [0, 0.1) is 5.82 Å². The molecule has 3 rings (SSSR count). The lowest BCUT2D eigenvalue weighted by Crippen LogP contribution is -2.45. The fraction of sp³-hybridized carbons (Fsp3) is 0.364. The van der Waals surface area contributed by atoms with Crippen LogP contribution >= 0.6 is 24.0 Å². The first-order chi connectivity index (χ1) is 13.6. The molecule has 0 saturated heterocycles. The molecular weight excluding hydrogens is 482 g/mol. The van der Waals surface area contributed by atoms with Gasteiger partial charge in [-0.15, -0.1) is 24.0 Å². The van der Waals surface area contributed by atoms with E-state index in [2.05, 4.69) is 20.9 Å². The number of halogens is 2. The van der Waals surface area contributed by atoms with Gasteiger partial charge in [0.15, 0.2) is 5.96 Å². The molecule has 0 bridgehead atoms. The Balaban J connectivity index is 0.00000300. The van der Waals surface area contributed by atoms with Crippen molar-refractivity contribution >= 4 is 35.8 Å². The molecule has 1 aliphatic carbocycles. The minimum Gasteiger partial charge on any atom is -0.356 e. The Morgan fingerprint density at radius 1 is 1.03 bits per heavy atom. The Morgan fingerprint density at radius 2 is 1.72 bits per heavy atom. The van der Waals surface area contributed by atoms with E-state index in [4.69, 9.17) is 0 Å². The van der Waals surface area contributed by atoms with Gasteiger partial charge < -0.3 is 16.0 Å². The van der Waals surface area contributed by atoms with E-state index < -0.39 is 0 Å². The van der Waals surface area contributed by atoms with Gasteiger partial charge in [-0.1, -0.05) is 48.5 Å². The van der Waals surface area contributed by atoms with E-state index in [1.165, 1.54) is 11.6 Å². The maximum Gasteiger partial charge on any atom is 0.239 e. The molecule has 0 spiro atoms. The van der Waals surface area contributed by atoms with Gasteiger partial charge in [-0.25, -0.2) is 4.39 Å². The smallest absolute Gasteiger partial charge is 0.239 e. The van der Waals surface area contributed by atoms with Crippen molar-refractivity contribution in [3.63, 3.8) is 0 Å². The van der Waals surface area contributed by atoms with Gasteiger partial charge in [-0.3, -0.25) is 9.79 Å². The Hall–Kier alpha value is -2.16. The Bertz CT molecular complexity index is 825. The average molecular weight is 510 g/mol. The molecule has 0 radical (unpaired) electrons. The maximum atomic E-state index is 14.1. The van der Waals surface area contributed by atoms with E-state index in [-0.39, 0.29) is 47.7 Å². The Morgan fingerprint density at radius 3 is 2.38 bits per heavy atom. The number of nitrogens with one attached hydrogen (secondary N) is 3. The molecule has 156 valence electrons. The fourth-order valence-corrected chi connectivity index (χ4v) is 3.27. The molecule has 7 heteroatoms. The number of carbonyl (C=O) groups excluding carboxylic acids is 1. The van der Waals surface area contributed by atoms with Crippen molar-refractivity contribution in [1.29, 1.82) is 0 Å². The second-order valence-electron chi connectivity index (χ2n) is 7.13. The molecule has 0 atom stereocenters. The van der Waals surface area contributed by atoms with Gasteiger partial charge in [0.25, 0.3) is 0 Å². The second-order valence-corrected chi connectivity index (χ2v) is 7.13. The molecule has 0 aliphatic heterocycles. The zero-order valence-corrected chi connectivity index (χ0v) is 18.9. The number of aliphatic imine (C=N–C) groups is 1. The van der Waals surface area contributed by atoms with Crippen LogP contribution in [-0.2, 0) is 16.6 Å². The van der Waals surface area contributed by atoms with Crippen LogP contribution < -0.4 is 16.0 Å². The van der Waals surface area contributed by atoms with E-state index in [1.54, 1.807) is 13.1 Å². The average Bonchev–Trinajstić information content (AvgIpc) is 3.50. The first-order valence-electron chi connectivity index (χ1n) is 9.63. The van der Waals surface area contributed by atoms with Crippen LogP contribution in [0.3, 0.4) is 0 Å². The van der Waals surface area contributed by atoms with Crippen molar-refractivity contribution in [2.75, 3.05) is 26.7 Å². The summed E-state index contributed by atoms with van der Waals surface area (Å²) in [4.78, 5) is 16.2. The summed E-state index contributed by atoms with van der Waals surface area (Å²) in [7, 11) is 1.66. The lowest BCUT2D eigenvalue weighted by atomic mass is 9.95. The molecular formula is C22H28FIN4O. The number of nitrogens with zero attached hydrogens (tertiary/aromatic N) is 1. The molecule has 3 N–H and O–H groups in total. The third-order valence-corrected chi connectivity index (χ3v) is 5.11. The number of guanidine groups is 1. The van der Waals surface area contributed by atoms with Gasteiger partial charge in [0.05, 0.1) is 6.54 Å². The lowest BCUT2D eigenvalue weighted by Gasteiger charge is -2.19. The van der Waals surface area contributed by atoms with Crippen molar-refractivity contribution in [2.45, 2.75) is 24.7 Å². The van der Waals surface area contributed by atoms with Gasteiger partial charge >= 0.3 is 0 Å². The molecule has 1 saturated carbocycles. The van der Waals surface area contributed by atoms with Crippen LogP contribution in [0.4, 0.5) is 4.39 Å². The zero-order valence-electron chi connectivity index (χ0n) is 16.6. The molecule has 29 heavy (non-hydrogen) atoms. The van der Waals surface area contributed by atoms with Crippen LogP contribution in [0.1, 0.15) is 24.0 Å². The highest BCUT2D eigenvalue weighted by Crippen LogP contribution is 2.48. The van der Waals surface area contributed by atoms with Crippen molar-refractivity contribution in [3.05, 3.63) is 71.5 Å². The van der Waals surface area contributed by atoms with Crippen LogP contribution in [0.15, 0.2) is 59.6 Å². The van der Waals surface area contributed by atoms with E-state index >= 15 is 0 Å². The monoisotopic (exact) mass is 510 g/mol. The highest BCUT2D eigenvalue weighted by Gasteiger charge is 2.45. The van der Waals surface area contributed by atoms with Crippen LogP contribution in [-0.4, -0.2) is 38.5 Å². The van der Waals surface area contributed by atoms with E-state index in [1.807, 2.05) is 42.5 Å². The Labute approximate surface area is 188 Å². The van der Waals surface area contributed by atoms with Crippen molar-refractivity contribution < 1.29 is 9.18 Å². The predicted octanol–water partition coefficient (Wildman–Crippen LogP) is 3.00. The predicted molar refractivity (Wildman–Crippen MR) is 125 cm³/mol. The molecule has 2 aromatic carbocycles. The molecule has 1 amide bonds. The largest absolute Gasteiger partial charge is 0.356 e. The quantitative estimate of drug-likeness (QED) is 0.291. The molecule has 0 unspecified atom stereocenters. The van der Waals surface area contributed by atoms with Crippen molar-refractivity contribution in [3.8, 4) is 0 Å². The highest BCUT2D eigenvalue weighted by molar-refractivity contribution is 14.0. The molecule has 0 heterocycles. The number of benzene rings is 2. The normalized spacial score (nSPS) is 14.5. The van der Waals surface area contributed by atoms with Crippen molar-refractivity contribution in [1.82, 2.24) is 16.0 Å². The summed E-state index contributed by atoms with van der Waals surface area (Å²) < 4.78 is 14.1. The van der Waals surface area contributed by atoms with Crippen LogP contribution in [0.25, 0.3) is 0 Å². The first kappa shape index (κ1) is 23.1. The van der Waals surface area contributed by atoms with Gasteiger partial charge in [0, 0.05) is 25.6 Å². The van der Waals surface area contributed by atoms with E-state index in [9.17, 15) is 9.18 Å². The number of hydrogen-bond donors (Lipinski definition) is 3. The summed E-state index contributed by atoms with van der Waals surface area (Å²) in [5.41, 5.74) is 1.76. The summed E-state index contributed by atoms with van der Waals surface area (Å²) in [6.07, 6.45) is 2.68. The van der Waals surface area contributed by atoms with Crippen LogP contribution in [0.2, 0.25) is 0 Å². The molecule has 2 aromatic rings. The zero-order chi connectivity index (χ0) is 19.8. The van der Waals surface area contributed by atoms with Gasteiger partial charge in [-0.05, 0) is 36.5 Å². The van der Waals surface area contributed by atoms with Gasteiger partial charge in [0.2, 0.25) is 5.91 Å². The molecule has 1 fully saturated rings. The minimum absolute atomic E-state index is 0. The molecule has 5 nitrogen and oxygen atoms in total. The highest BCUT2D eigenvalue weighted by atomic mass is 127. The Kier molecular flexibility index (Phi) is 8.88. The SMILES string of the molecule is CN=C(NCC(=O)NCCc1ccccc1)NCC1(c2ccccc2F)CC1.I. The van der Waals surface area contributed by atoms with E-state index in [0.717, 1.165) is 24.8 Å².